The van der Waals surface area contributed by atoms with Crippen LogP contribution >= 0.6 is 15.9 Å². The number of methoxy groups -OCH3 is 2. The Balaban J connectivity index is 2.02. The normalized spacial score (nSPS) is 11.7. The number of nitrogens with zero attached hydrogens (tertiary/aromatic N) is 2. The number of nitrogens with one attached hydrogen (secondary N) is 1. The molecule has 0 aliphatic rings. The van der Waals surface area contributed by atoms with E-state index in [4.69, 9.17) is 9.47 Å². The molecule has 0 aliphatic heterocycles. The van der Waals surface area contributed by atoms with Gasteiger partial charge in [0, 0.05) is 35.5 Å². The highest BCUT2D eigenvalue weighted by atomic mass is 79.9. The minimum atomic E-state index is -0.472. The van der Waals surface area contributed by atoms with Gasteiger partial charge in [-0.3, -0.25) is 4.79 Å². The van der Waals surface area contributed by atoms with E-state index in [0.717, 1.165) is 10.0 Å². The van der Waals surface area contributed by atoms with Crippen LogP contribution in [0.5, 0.6) is 11.5 Å². The van der Waals surface area contributed by atoms with Crippen LogP contribution in [0.25, 0.3) is 0 Å². The number of aryl methyl sites for hydroxylation is 1. The molecule has 0 aliphatic carbocycles. The number of halogens is 1. The van der Waals surface area contributed by atoms with Crippen molar-refractivity contribution in [3.05, 3.63) is 76.3 Å². The van der Waals surface area contributed by atoms with Gasteiger partial charge in [-0.2, -0.15) is 0 Å². The number of hydrogen-bond acceptors (Lipinski definition) is 4. The third kappa shape index (κ3) is 4.31. The zero-order chi connectivity index (χ0) is 19.4. The molecule has 1 amide bonds. The van der Waals surface area contributed by atoms with Crippen molar-refractivity contribution in [2.24, 2.45) is 7.05 Å². The van der Waals surface area contributed by atoms with Crippen LogP contribution < -0.4 is 14.8 Å². The van der Waals surface area contributed by atoms with Gasteiger partial charge in [0.25, 0.3) is 5.91 Å². The van der Waals surface area contributed by atoms with Gasteiger partial charge in [0.15, 0.2) is 0 Å². The number of ether oxygens (including phenoxy) is 2. The second kappa shape index (κ2) is 8.26. The molecule has 0 radical (unpaired) electrons. The number of rotatable bonds is 6. The van der Waals surface area contributed by atoms with Crippen molar-refractivity contribution < 1.29 is 14.3 Å². The number of imidazole rings is 1. The van der Waals surface area contributed by atoms with Crippen molar-refractivity contribution in [3.63, 3.8) is 0 Å². The average Bonchev–Trinajstić information content (AvgIpc) is 3.11. The summed E-state index contributed by atoms with van der Waals surface area (Å²) >= 11 is 3.40. The first-order valence-electron chi connectivity index (χ1n) is 8.28. The van der Waals surface area contributed by atoms with Gasteiger partial charge in [-0.1, -0.05) is 22.0 Å². The molecule has 1 N–H and O–H groups in total. The molecule has 1 atom stereocenters. The number of carbonyl (C=O) groups excluding carboxylic acids is 1. The quantitative estimate of drug-likeness (QED) is 0.648. The number of carbonyl (C=O) groups is 1. The Morgan fingerprint density at radius 1 is 1.15 bits per heavy atom. The summed E-state index contributed by atoms with van der Waals surface area (Å²) in [6, 6.07) is 12.3. The Labute approximate surface area is 166 Å². The maximum atomic E-state index is 12.9. The van der Waals surface area contributed by atoms with Crippen molar-refractivity contribution in [2.75, 3.05) is 14.2 Å². The van der Waals surface area contributed by atoms with E-state index in [1.165, 1.54) is 0 Å². The summed E-state index contributed by atoms with van der Waals surface area (Å²) in [4.78, 5) is 17.3. The first-order chi connectivity index (χ1) is 13.0. The maximum absolute atomic E-state index is 12.9. The molecule has 0 spiro atoms. The lowest BCUT2D eigenvalue weighted by molar-refractivity contribution is 0.0941. The summed E-state index contributed by atoms with van der Waals surface area (Å²) in [7, 11) is 5.07. The Hall–Kier alpha value is -2.80. The molecule has 0 fully saturated rings. The number of hydrogen-bond donors (Lipinski definition) is 1. The monoisotopic (exact) mass is 429 g/mol. The van der Waals surface area contributed by atoms with Crippen molar-refractivity contribution in [3.8, 4) is 11.5 Å². The predicted molar refractivity (Wildman–Crippen MR) is 106 cm³/mol. The van der Waals surface area contributed by atoms with Gasteiger partial charge in [0.05, 0.1) is 14.2 Å². The molecule has 0 saturated carbocycles. The molecule has 27 heavy (non-hydrogen) atoms. The van der Waals surface area contributed by atoms with Crippen LogP contribution in [0.15, 0.2) is 59.3 Å². The van der Waals surface area contributed by atoms with Gasteiger partial charge in [0.1, 0.15) is 23.4 Å². The van der Waals surface area contributed by atoms with Crippen molar-refractivity contribution in [1.82, 2.24) is 14.9 Å². The number of aromatic nitrogens is 2. The Morgan fingerprint density at radius 2 is 1.85 bits per heavy atom. The highest BCUT2D eigenvalue weighted by Crippen LogP contribution is 2.29. The highest BCUT2D eigenvalue weighted by molar-refractivity contribution is 9.10. The number of amides is 1. The van der Waals surface area contributed by atoms with E-state index in [0.29, 0.717) is 22.9 Å². The lowest BCUT2D eigenvalue weighted by atomic mass is 10.0. The molecule has 7 heteroatoms. The molecule has 140 valence electrons. The van der Waals surface area contributed by atoms with E-state index in [-0.39, 0.29) is 5.91 Å². The summed E-state index contributed by atoms with van der Waals surface area (Å²) in [5, 5.41) is 3.07. The minimum absolute atomic E-state index is 0.203. The zero-order valence-electron chi connectivity index (χ0n) is 15.3. The summed E-state index contributed by atoms with van der Waals surface area (Å²) < 4.78 is 13.5. The van der Waals surface area contributed by atoms with Crippen LogP contribution in [0.1, 0.15) is 27.8 Å². The van der Waals surface area contributed by atoms with Crippen molar-refractivity contribution >= 4 is 21.8 Å². The fourth-order valence-corrected chi connectivity index (χ4v) is 3.19. The second-order valence-electron chi connectivity index (χ2n) is 5.96. The lowest BCUT2D eigenvalue weighted by Gasteiger charge is -2.20. The molecule has 3 rings (SSSR count). The molecular weight excluding hydrogens is 410 g/mol. The zero-order valence-corrected chi connectivity index (χ0v) is 16.9. The molecule has 1 aromatic heterocycles. The van der Waals surface area contributed by atoms with E-state index >= 15 is 0 Å². The summed E-state index contributed by atoms with van der Waals surface area (Å²) in [6.45, 7) is 0. The van der Waals surface area contributed by atoms with Crippen LogP contribution in [-0.2, 0) is 7.05 Å². The van der Waals surface area contributed by atoms with E-state index in [2.05, 4.69) is 26.2 Å². The SMILES string of the molecule is COc1cc(OC)cc(C(NC(=O)c2cccc(Br)c2)c2nccn2C)c1. The van der Waals surface area contributed by atoms with Crippen LogP contribution in [0.2, 0.25) is 0 Å². The van der Waals surface area contributed by atoms with Crippen LogP contribution in [-0.4, -0.2) is 29.7 Å². The lowest BCUT2D eigenvalue weighted by Crippen LogP contribution is -2.31. The standard InChI is InChI=1S/C20H20BrN3O3/c1-24-8-7-22-19(24)18(14-10-16(26-2)12-17(11-14)27-3)23-20(25)13-5-4-6-15(21)9-13/h4-12,18H,1-3H3,(H,23,25). The third-order valence-corrected chi connectivity index (χ3v) is 4.68. The van der Waals surface area contributed by atoms with Gasteiger partial charge in [-0.05, 0) is 35.9 Å². The summed E-state index contributed by atoms with van der Waals surface area (Å²) in [6.07, 6.45) is 3.54. The fraction of sp³-hybridized carbons (Fsp3) is 0.200. The Bertz CT molecular complexity index is 933. The highest BCUT2D eigenvalue weighted by Gasteiger charge is 2.23. The predicted octanol–water partition coefficient (Wildman–Crippen LogP) is 3.72. The van der Waals surface area contributed by atoms with Crippen molar-refractivity contribution in [2.45, 2.75) is 6.04 Å². The first kappa shape index (κ1) is 19.0. The molecule has 6 nitrogen and oxygen atoms in total. The maximum Gasteiger partial charge on any atom is 0.252 e. The van der Waals surface area contributed by atoms with Gasteiger partial charge >= 0.3 is 0 Å². The van der Waals surface area contributed by atoms with E-state index in [9.17, 15) is 4.79 Å². The Kier molecular flexibility index (Phi) is 5.81. The molecule has 1 unspecified atom stereocenters. The van der Waals surface area contributed by atoms with Gasteiger partial charge in [-0.25, -0.2) is 4.98 Å². The van der Waals surface area contributed by atoms with Crippen LogP contribution in [0.3, 0.4) is 0 Å². The molecule has 1 heterocycles. The van der Waals surface area contributed by atoms with Crippen LogP contribution in [0.4, 0.5) is 0 Å². The molecule has 2 aromatic carbocycles. The second-order valence-corrected chi connectivity index (χ2v) is 6.87. The molecule has 0 bridgehead atoms. The van der Waals surface area contributed by atoms with E-state index < -0.39 is 6.04 Å². The van der Waals surface area contributed by atoms with Gasteiger partial charge < -0.3 is 19.4 Å². The fourth-order valence-electron chi connectivity index (χ4n) is 2.79. The smallest absolute Gasteiger partial charge is 0.252 e. The molecule has 0 saturated heterocycles. The van der Waals surface area contributed by atoms with Crippen LogP contribution in [0, 0.1) is 0 Å². The number of benzene rings is 2. The Morgan fingerprint density at radius 3 is 2.41 bits per heavy atom. The van der Waals surface area contributed by atoms with E-state index in [1.54, 1.807) is 38.6 Å². The van der Waals surface area contributed by atoms with Crippen molar-refractivity contribution in [1.29, 1.82) is 0 Å². The summed E-state index contributed by atoms with van der Waals surface area (Å²) in [5.74, 6) is 1.78. The van der Waals surface area contributed by atoms with Gasteiger partial charge in [-0.15, -0.1) is 0 Å². The van der Waals surface area contributed by atoms with E-state index in [1.807, 2.05) is 42.1 Å². The molecular formula is C20H20BrN3O3. The first-order valence-corrected chi connectivity index (χ1v) is 9.07. The largest absolute Gasteiger partial charge is 0.497 e. The third-order valence-electron chi connectivity index (χ3n) is 4.19. The summed E-state index contributed by atoms with van der Waals surface area (Å²) in [5.41, 5.74) is 1.36. The topological polar surface area (TPSA) is 65.4 Å². The van der Waals surface area contributed by atoms with Gasteiger partial charge in [0.2, 0.25) is 0 Å². The minimum Gasteiger partial charge on any atom is -0.497 e. The molecule has 3 aromatic rings. The average molecular weight is 430 g/mol.